The summed E-state index contributed by atoms with van der Waals surface area (Å²) in [5, 5.41) is 0. The molecule has 1 heterocycles. The molecule has 7 heteroatoms. The van der Waals surface area contributed by atoms with Crippen LogP contribution in [0.5, 0.6) is 0 Å². The average molecular weight is 328 g/mol. The van der Waals surface area contributed by atoms with E-state index in [1.165, 1.54) is 19.3 Å². The number of carbonyl (C=O) groups excluding carboxylic acids is 3. The zero-order valence-electron chi connectivity index (χ0n) is 12.2. The topological polar surface area (TPSA) is 57.7 Å². The number of rotatable bonds is 3. The zero-order valence-corrected chi connectivity index (χ0v) is 13.8. The largest absolute Gasteiger partial charge is 0.342 e. The van der Waals surface area contributed by atoms with Gasteiger partial charge in [0.15, 0.2) is 0 Å². The highest BCUT2D eigenvalue weighted by Crippen LogP contribution is 2.23. The highest BCUT2D eigenvalue weighted by Gasteiger charge is 2.32. The van der Waals surface area contributed by atoms with E-state index in [-0.39, 0.29) is 40.6 Å². The van der Waals surface area contributed by atoms with Gasteiger partial charge >= 0.3 is 0 Å². The van der Waals surface area contributed by atoms with E-state index in [9.17, 15) is 14.4 Å². The molecule has 2 aliphatic rings. The van der Waals surface area contributed by atoms with Crippen LogP contribution in [-0.2, 0) is 14.4 Å². The van der Waals surface area contributed by atoms with Gasteiger partial charge in [-0.3, -0.25) is 14.4 Å². The van der Waals surface area contributed by atoms with Gasteiger partial charge in [-0.2, -0.15) is 0 Å². The molecule has 0 atom stereocenters. The van der Waals surface area contributed by atoms with Gasteiger partial charge < -0.3 is 4.90 Å². The van der Waals surface area contributed by atoms with Crippen molar-refractivity contribution in [2.24, 2.45) is 0 Å². The summed E-state index contributed by atoms with van der Waals surface area (Å²) >= 11 is 6.21. The number of thiocarbonyl (C=S) groups is 1. The van der Waals surface area contributed by atoms with Gasteiger partial charge in [-0.15, -0.1) is 0 Å². The molecular weight excluding hydrogens is 308 g/mol. The Bertz CT molecular complexity index is 445. The molecule has 1 saturated heterocycles. The number of thioether (sulfide) groups is 1. The lowest BCUT2D eigenvalue weighted by Crippen LogP contribution is -2.40. The molecule has 21 heavy (non-hydrogen) atoms. The van der Waals surface area contributed by atoms with Crippen LogP contribution in [0.4, 0.5) is 0 Å². The molecule has 116 valence electrons. The molecule has 3 amide bonds. The molecule has 1 aliphatic carbocycles. The van der Waals surface area contributed by atoms with Crippen molar-refractivity contribution >= 4 is 46.0 Å². The second kappa shape index (κ2) is 7.35. The maximum Gasteiger partial charge on any atom is 0.235 e. The lowest BCUT2D eigenvalue weighted by molar-refractivity contribution is -0.133. The number of nitrogens with zero attached hydrogens (tertiary/aromatic N) is 2. The Morgan fingerprint density at radius 2 is 1.81 bits per heavy atom. The summed E-state index contributed by atoms with van der Waals surface area (Å²) in [6.45, 7) is 0. The number of imide groups is 1. The van der Waals surface area contributed by atoms with Crippen molar-refractivity contribution in [3.8, 4) is 0 Å². The fourth-order valence-corrected chi connectivity index (χ4v) is 3.91. The predicted octanol–water partition coefficient (Wildman–Crippen LogP) is 1.94. The highest BCUT2D eigenvalue weighted by molar-refractivity contribution is 8.23. The second-order valence-electron chi connectivity index (χ2n) is 5.47. The number of hydrogen-bond acceptors (Lipinski definition) is 5. The van der Waals surface area contributed by atoms with Crippen molar-refractivity contribution in [1.82, 2.24) is 9.80 Å². The van der Waals surface area contributed by atoms with Crippen LogP contribution in [0.1, 0.15) is 44.9 Å². The molecule has 1 saturated carbocycles. The maximum atomic E-state index is 12.2. The monoisotopic (exact) mass is 328 g/mol. The number of hydrogen-bond donors (Lipinski definition) is 0. The maximum absolute atomic E-state index is 12.2. The Morgan fingerprint density at radius 3 is 2.38 bits per heavy atom. The third kappa shape index (κ3) is 4.03. The van der Waals surface area contributed by atoms with Crippen LogP contribution in [-0.4, -0.2) is 50.7 Å². The fourth-order valence-electron chi connectivity index (χ4n) is 2.74. The first-order valence-electron chi connectivity index (χ1n) is 7.29. The lowest BCUT2D eigenvalue weighted by Gasteiger charge is -2.31. The summed E-state index contributed by atoms with van der Waals surface area (Å²) in [6, 6.07) is 0.315. The van der Waals surface area contributed by atoms with Crippen LogP contribution >= 0.6 is 24.0 Å². The van der Waals surface area contributed by atoms with Crippen molar-refractivity contribution < 1.29 is 14.4 Å². The van der Waals surface area contributed by atoms with Crippen LogP contribution < -0.4 is 0 Å². The van der Waals surface area contributed by atoms with Crippen LogP contribution in [0, 0.1) is 0 Å². The standard InChI is InChI=1S/C14H20N2O3S2/c1-15(10-5-3-2-4-6-10)13(19)9-21-14(20)16-11(17)7-8-12(16)18/h10H,2-9H2,1H3. The van der Waals surface area contributed by atoms with Crippen molar-refractivity contribution in [3.63, 3.8) is 0 Å². The van der Waals surface area contributed by atoms with Gasteiger partial charge in [0.25, 0.3) is 0 Å². The molecule has 0 N–H and O–H groups in total. The molecule has 0 unspecified atom stereocenters. The van der Waals surface area contributed by atoms with E-state index in [2.05, 4.69) is 0 Å². The van der Waals surface area contributed by atoms with E-state index in [1.807, 2.05) is 7.05 Å². The van der Waals surface area contributed by atoms with E-state index in [4.69, 9.17) is 12.2 Å². The van der Waals surface area contributed by atoms with E-state index in [1.54, 1.807) is 4.90 Å². The number of amides is 3. The lowest BCUT2D eigenvalue weighted by atomic mass is 9.94. The minimum Gasteiger partial charge on any atom is -0.342 e. The predicted molar refractivity (Wildman–Crippen MR) is 85.8 cm³/mol. The molecule has 0 aromatic heterocycles. The molecule has 2 rings (SSSR count). The van der Waals surface area contributed by atoms with Gasteiger partial charge in [-0.25, -0.2) is 4.90 Å². The summed E-state index contributed by atoms with van der Waals surface area (Å²) in [5.41, 5.74) is 0. The van der Waals surface area contributed by atoms with Crippen molar-refractivity contribution in [1.29, 1.82) is 0 Å². The van der Waals surface area contributed by atoms with E-state index < -0.39 is 0 Å². The van der Waals surface area contributed by atoms with Crippen LogP contribution in [0.2, 0.25) is 0 Å². The van der Waals surface area contributed by atoms with Gasteiger partial charge in [-0.1, -0.05) is 43.2 Å². The SMILES string of the molecule is CN(C(=O)CSC(=S)N1C(=O)CCC1=O)C1CCCCC1. The summed E-state index contributed by atoms with van der Waals surface area (Å²) in [4.78, 5) is 38.1. The Labute approximate surface area is 134 Å². The van der Waals surface area contributed by atoms with Crippen LogP contribution in [0.3, 0.4) is 0 Å². The second-order valence-corrected chi connectivity index (χ2v) is 7.08. The molecule has 2 fully saturated rings. The highest BCUT2D eigenvalue weighted by atomic mass is 32.2. The summed E-state index contributed by atoms with van der Waals surface area (Å²) < 4.78 is 0.202. The minimum absolute atomic E-state index is 0.00773. The van der Waals surface area contributed by atoms with Gasteiger partial charge in [0, 0.05) is 25.9 Å². The van der Waals surface area contributed by atoms with E-state index >= 15 is 0 Å². The van der Waals surface area contributed by atoms with Gasteiger partial charge in [0.1, 0.15) is 4.32 Å². The number of likely N-dealkylation sites (tertiary alicyclic amines) is 1. The van der Waals surface area contributed by atoms with Gasteiger partial charge in [0.05, 0.1) is 5.75 Å². The quantitative estimate of drug-likeness (QED) is 0.585. The van der Waals surface area contributed by atoms with Crippen molar-refractivity contribution in [2.45, 2.75) is 51.0 Å². The average Bonchev–Trinajstić information content (AvgIpc) is 2.83. The molecule has 0 radical (unpaired) electrons. The van der Waals surface area contributed by atoms with Crippen LogP contribution in [0.25, 0.3) is 0 Å². The van der Waals surface area contributed by atoms with E-state index in [0.29, 0.717) is 6.04 Å². The summed E-state index contributed by atoms with van der Waals surface area (Å²) in [7, 11) is 1.83. The molecule has 0 aromatic carbocycles. The first-order chi connectivity index (χ1) is 10.0. The molecule has 0 bridgehead atoms. The normalized spacial score (nSPS) is 20.0. The molecular formula is C14H20N2O3S2. The summed E-state index contributed by atoms with van der Waals surface area (Å²) in [5.74, 6) is -0.326. The van der Waals surface area contributed by atoms with Gasteiger partial charge in [0.2, 0.25) is 17.7 Å². The summed E-state index contributed by atoms with van der Waals surface area (Å²) in [6.07, 6.45) is 6.14. The third-order valence-corrected chi connectivity index (χ3v) is 5.43. The number of carbonyl (C=O) groups is 3. The van der Waals surface area contributed by atoms with Crippen LogP contribution in [0.15, 0.2) is 0 Å². The van der Waals surface area contributed by atoms with Crippen molar-refractivity contribution in [2.75, 3.05) is 12.8 Å². The Kier molecular flexibility index (Phi) is 5.75. The third-order valence-electron chi connectivity index (χ3n) is 4.07. The first kappa shape index (κ1) is 16.4. The van der Waals surface area contributed by atoms with Crippen molar-refractivity contribution in [3.05, 3.63) is 0 Å². The van der Waals surface area contributed by atoms with E-state index in [0.717, 1.165) is 29.5 Å². The molecule has 1 aliphatic heterocycles. The molecule has 5 nitrogen and oxygen atoms in total. The fraction of sp³-hybridized carbons (Fsp3) is 0.714. The minimum atomic E-state index is -0.259. The van der Waals surface area contributed by atoms with Gasteiger partial charge in [-0.05, 0) is 12.8 Å². The Hall–Kier alpha value is -0.950. The molecule has 0 spiro atoms. The smallest absolute Gasteiger partial charge is 0.235 e. The molecule has 0 aromatic rings. The first-order valence-corrected chi connectivity index (χ1v) is 8.68. The Morgan fingerprint density at radius 1 is 1.24 bits per heavy atom. The Balaban J connectivity index is 1.81. The zero-order chi connectivity index (χ0) is 15.4.